The van der Waals surface area contributed by atoms with E-state index in [1.54, 1.807) is 30.7 Å². The van der Waals surface area contributed by atoms with Crippen molar-refractivity contribution in [2.24, 2.45) is 4.99 Å². The fourth-order valence-corrected chi connectivity index (χ4v) is 3.40. The summed E-state index contributed by atoms with van der Waals surface area (Å²) in [6, 6.07) is 21.8. The molecule has 1 amide bonds. The number of para-hydroxylation sites is 1. The maximum Gasteiger partial charge on any atom is 0.239 e. The van der Waals surface area contributed by atoms with Crippen LogP contribution in [0.1, 0.15) is 25.7 Å². The number of pyridine rings is 1. The Labute approximate surface area is 206 Å². The molecule has 0 aliphatic heterocycles. The largest absolute Gasteiger partial charge is 0.493 e. The molecule has 8 heteroatoms. The highest BCUT2D eigenvalue weighted by atomic mass is 16.5. The van der Waals surface area contributed by atoms with Crippen molar-refractivity contribution in [1.29, 1.82) is 5.26 Å². The summed E-state index contributed by atoms with van der Waals surface area (Å²) in [5.74, 6) is 0.951. The molecule has 0 atom stereocenters. The Morgan fingerprint density at radius 1 is 0.914 bits per heavy atom. The van der Waals surface area contributed by atoms with Crippen LogP contribution >= 0.6 is 0 Å². The highest BCUT2D eigenvalue weighted by Gasteiger charge is 2.06. The number of rotatable bonds is 12. The zero-order valence-electron chi connectivity index (χ0n) is 19.6. The number of nitriles is 1. The number of guanidine groups is 1. The lowest BCUT2D eigenvalue weighted by atomic mass is 10.1. The number of carbonyl (C=O) groups is 1. The maximum atomic E-state index is 12.1. The van der Waals surface area contributed by atoms with Crippen LogP contribution < -0.4 is 20.7 Å². The SMILES string of the molecule is N#C/N=C(/NCC(=O)NCCCCCCOc1ccccc1-c1ccccc1)Nc1ccncc1. The van der Waals surface area contributed by atoms with Crippen LogP contribution in [0.4, 0.5) is 5.69 Å². The predicted octanol–water partition coefficient (Wildman–Crippen LogP) is 4.34. The average Bonchev–Trinajstić information content (AvgIpc) is 2.90. The summed E-state index contributed by atoms with van der Waals surface area (Å²) < 4.78 is 6.03. The van der Waals surface area contributed by atoms with Gasteiger partial charge in [-0.05, 0) is 36.6 Å². The molecule has 0 unspecified atom stereocenters. The van der Waals surface area contributed by atoms with Crippen molar-refractivity contribution in [1.82, 2.24) is 15.6 Å². The summed E-state index contributed by atoms with van der Waals surface area (Å²) >= 11 is 0. The van der Waals surface area contributed by atoms with Crippen LogP contribution in [0.3, 0.4) is 0 Å². The lowest BCUT2D eigenvalue weighted by Crippen LogP contribution is -2.40. The highest BCUT2D eigenvalue weighted by molar-refractivity contribution is 5.96. The first-order valence-electron chi connectivity index (χ1n) is 11.7. The van der Waals surface area contributed by atoms with Crippen LogP contribution in [0.15, 0.2) is 84.1 Å². The Hall–Kier alpha value is -4.38. The maximum absolute atomic E-state index is 12.1. The number of benzene rings is 2. The van der Waals surface area contributed by atoms with Crippen molar-refractivity contribution >= 4 is 17.6 Å². The van der Waals surface area contributed by atoms with Gasteiger partial charge >= 0.3 is 0 Å². The van der Waals surface area contributed by atoms with Gasteiger partial charge in [-0.3, -0.25) is 9.78 Å². The molecular formula is C27H30N6O2. The molecule has 0 radical (unpaired) electrons. The second-order valence-electron chi connectivity index (χ2n) is 7.75. The van der Waals surface area contributed by atoms with E-state index >= 15 is 0 Å². The van der Waals surface area contributed by atoms with Gasteiger partial charge in [0.1, 0.15) is 5.75 Å². The van der Waals surface area contributed by atoms with Gasteiger partial charge in [0.15, 0.2) is 0 Å². The molecule has 2 aromatic carbocycles. The van der Waals surface area contributed by atoms with Gasteiger partial charge in [-0.15, -0.1) is 4.99 Å². The summed E-state index contributed by atoms with van der Waals surface area (Å²) in [7, 11) is 0. The van der Waals surface area contributed by atoms with Crippen molar-refractivity contribution in [3.63, 3.8) is 0 Å². The van der Waals surface area contributed by atoms with Crippen molar-refractivity contribution in [2.45, 2.75) is 25.7 Å². The molecule has 1 aromatic heterocycles. The Morgan fingerprint density at radius 3 is 2.46 bits per heavy atom. The van der Waals surface area contributed by atoms with Crippen LogP contribution in [0, 0.1) is 11.5 Å². The number of nitrogens with one attached hydrogen (secondary N) is 3. The number of hydrogen-bond acceptors (Lipinski definition) is 5. The Bertz CT molecular complexity index is 1110. The van der Waals surface area contributed by atoms with Gasteiger partial charge < -0.3 is 20.7 Å². The van der Waals surface area contributed by atoms with Crippen LogP contribution in [-0.2, 0) is 4.79 Å². The minimum Gasteiger partial charge on any atom is -0.493 e. The lowest BCUT2D eigenvalue weighted by molar-refractivity contribution is -0.120. The van der Waals surface area contributed by atoms with E-state index in [4.69, 9.17) is 10.00 Å². The fourth-order valence-electron chi connectivity index (χ4n) is 3.40. The van der Waals surface area contributed by atoms with Gasteiger partial charge in [-0.2, -0.15) is 5.26 Å². The molecule has 0 saturated heterocycles. The smallest absolute Gasteiger partial charge is 0.239 e. The number of carbonyl (C=O) groups excluding carboxylic acids is 1. The predicted molar refractivity (Wildman–Crippen MR) is 138 cm³/mol. The monoisotopic (exact) mass is 470 g/mol. The number of aromatic nitrogens is 1. The fraction of sp³-hybridized carbons (Fsp3) is 0.259. The van der Waals surface area contributed by atoms with E-state index in [1.807, 2.05) is 36.4 Å². The number of anilines is 1. The van der Waals surface area contributed by atoms with E-state index < -0.39 is 0 Å². The number of aliphatic imine (C=N–C) groups is 1. The Morgan fingerprint density at radius 2 is 1.66 bits per heavy atom. The van der Waals surface area contributed by atoms with E-state index in [2.05, 4.69) is 44.1 Å². The number of nitrogens with zero attached hydrogens (tertiary/aromatic N) is 3. The summed E-state index contributed by atoms with van der Waals surface area (Å²) in [6.45, 7) is 1.28. The standard InChI is InChI=1S/C27H30N6O2/c28-21-32-27(33-23-14-17-29-18-15-23)31-20-26(34)30-16-8-1-2-9-19-35-25-13-7-6-12-24(25)22-10-4-3-5-11-22/h3-7,10-15,17-18H,1-2,8-9,16,19-20H2,(H,30,34)(H2,29,31,32,33). The Balaban J connectivity index is 1.27. The highest BCUT2D eigenvalue weighted by Crippen LogP contribution is 2.29. The van der Waals surface area contributed by atoms with Crippen LogP contribution in [0.2, 0.25) is 0 Å². The topological polar surface area (TPSA) is 111 Å². The van der Waals surface area contributed by atoms with Crippen molar-refractivity contribution in [3.05, 3.63) is 79.1 Å². The molecule has 3 aromatic rings. The molecule has 0 bridgehead atoms. The summed E-state index contributed by atoms with van der Waals surface area (Å²) in [4.78, 5) is 19.7. The molecule has 3 rings (SSSR count). The summed E-state index contributed by atoms with van der Waals surface area (Å²) in [5, 5.41) is 17.5. The molecular weight excluding hydrogens is 440 g/mol. The van der Waals surface area contributed by atoms with E-state index in [1.165, 1.54) is 0 Å². The van der Waals surface area contributed by atoms with Gasteiger partial charge in [0.05, 0.1) is 13.2 Å². The number of ether oxygens (including phenoxy) is 1. The first-order chi connectivity index (χ1) is 17.3. The van der Waals surface area contributed by atoms with Crippen LogP contribution in [-0.4, -0.2) is 36.5 Å². The lowest BCUT2D eigenvalue weighted by Gasteiger charge is -2.12. The zero-order chi connectivity index (χ0) is 24.6. The van der Waals surface area contributed by atoms with Crippen molar-refractivity contribution in [3.8, 4) is 23.1 Å². The second-order valence-corrected chi connectivity index (χ2v) is 7.75. The molecule has 0 fully saturated rings. The minimum absolute atomic E-state index is 0.0211. The number of unbranched alkanes of at least 4 members (excludes halogenated alkanes) is 3. The third kappa shape index (κ3) is 9.18. The summed E-state index contributed by atoms with van der Waals surface area (Å²) in [6.07, 6.45) is 8.82. The van der Waals surface area contributed by atoms with Gasteiger partial charge in [0.2, 0.25) is 18.1 Å². The van der Waals surface area contributed by atoms with Crippen molar-refractivity contribution in [2.75, 3.05) is 25.0 Å². The van der Waals surface area contributed by atoms with Crippen LogP contribution in [0.5, 0.6) is 5.75 Å². The molecule has 0 aliphatic rings. The number of hydrogen-bond donors (Lipinski definition) is 3. The molecule has 1 heterocycles. The van der Waals surface area contributed by atoms with Gasteiger partial charge in [-0.1, -0.05) is 61.4 Å². The Kier molecular flexibility index (Phi) is 10.6. The van der Waals surface area contributed by atoms with Gasteiger partial charge in [0, 0.05) is 30.2 Å². The molecule has 3 N–H and O–H groups in total. The number of amides is 1. The average molecular weight is 471 g/mol. The van der Waals surface area contributed by atoms with Crippen molar-refractivity contribution < 1.29 is 9.53 Å². The molecule has 0 aliphatic carbocycles. The second kappa shape index (κ2) is 14.7. The van der Waals surface area contributed by atoms with E-state index in [0.717, 1.165) is 48.2 Å². The molecule has 180 valence electrons. The third-order valence-electron chi connectivity index (χ3n) is 5.14. The first-order valence-corrected chi connectivity index (χ1v) is 11.7. The third-order valence-corrected chi connectivity index (χ3v) is 5.14. The molecule has 8 nitrogen and oxygen atoms in total. The summed E-state index contributed by atoms with van der Waals surface area (Å²) in [5.41, 5.74) is 2.96. The first kappa shape index (κ1) is 25.2. The van der Waals surface area contributed by atoms with Gasteiger partial charge in [-0.25, -0.2) is 0 Å². The molecule has 35 heavy (non-hydrogen) atoms. The van der Waals surface area contributed by atoms with E-state index in [0.29, 0.717) is 13.2 Å². The van der Waals surface area contributed by atoms with E-state index in [9.17, 15) is 4.79 Å². The minimum atomic E-state index is -0.159. The molecule has 0 spiro atoms. The quantitative estimate of drug-likeness (QED) is 0.157. The van der Waals surface area contributed by atoms with Crippen LogP contribution in [0.25, 0.3) is 11.1 Å². The molecule has 0 saturated carbocycles. The normalized spacial score (nSPS) is 10.8. The zero-order valence-corrected chi connectivity index (χ0v) is 19.6. The van der Waals surface area contributed by atoms with Gasteiger partial charge in [0.25, 0.3) is 0 Å². The van der Waals surface area contributed by atoms with E-state index in [-0.39, 0.29) is 18.4 Å².